The number of pyridine rings is 1. The van der Waals surface area contributed by atoms with Gasteiger partial charge in [-0.25, -0.2) is 4.98 Å². The first-order valence-corrected chi connectivity index (χ1v) is 6.26. The van der Waals surface area contributed by atoms with Crippen molar-refractivity contribution in [1.82, 2.24) is 4.98 Å². The summed E-state index contributed by atoms with van der Waals surface area (Å²) in [6.07, 6.45) is -3.22. The first-order chi connectivity index (χ1) is 8.95. The quantitative estimate of drug-likeness (QED) is 0.897. The standard InChI is InChI=1S/C13H10BrF3N2/c14-10-3-1-2-9(6-10)7-18-11-4-5-12(19-8-11)13(15,16)17/h1-6,8,18H,7H2. The Balaban J connectivity index is 2.01. The Kier molecular flexibility index (Phi) is 4.09. The summed E-state index contributed by atoms with van der Waals surface area (Å²) >= 11 is 3.35. The van der Waals surface area contributed by atoms with Crippen LogP contribution in [0.15, 0.2) is 47.1 Å². The normalized spacial score (nSPS) is 11.4. The fourth-order valence-corrected chi connectivity index (χ4v) is 1.96. The van der Waals surface area contributed by atoms with Gasteiger partial charge < -0.3 is 5.32 Å². The second kappa shape index (κ2) is 5.61. The second-order valence-electron chi connectivity index (χ2n) is 3.91. The molecular weight excluding hydrogens is 321 g/mol. The van der Waals surface area contributed by atoms with E-state index in [1.165, 1.54) is 12.3 Å². The van der Waals surface area contributed by atoms with Crippen molar-refractivity contribution < 1.29 is 13.2 Å². The van der Waals surface area contributed by atoms with E-state index in [9.17, 15) is 13.2 Å². The van der Waals surface area contributed by atoms with E-state index in [-0.39, 0.29) is 0 Å². The van der Waals surface area contributed by atoms with E-state index < -0.39 is 11.9 Å². The zero-order valence-corrected chi connectivity index (χ0v) is 11.3. The summed E-state index contributed by atoms with van der Waals surface area (Å²) in [6, 6.07) is 9.99. The van der Waals surface area contributed by atoms with E-state index in [0.29, 0.717) is 12.2 Å². The molecule has 6 heteroatoms. The van der Waals surface area contributed by atoms with Gasteiger partial charge in [0, 0.05) is 11.0 Å². The summed E-state index contributed by atoms with van der Waals surface area (Å²) < 4.78 is 37.9. The molecule has 0 fully saturated rings. The number of anilines is 1. The molecule has 2 nitrogen and oxygen atoms in total. The molecule has 1 N–H and O–H groups in total. The minimum absolute atomic E-state index is 0.520. The van der Waals surface area contributed by atoms with Gasteiger partial charge in [-0.05, 0) is 29.8 Å². The molecule has 2 rings (SSSR count). The summed E-state index contributed by atoms with van der Waals surface area (Å²) in [5.74, 6) is 0. The van der Waals surface area contributed by atoms with Crippen molar-refractivity contribution in [2.45, 2.75) is 12.7 Å². The Bertz CT molecular complexity index is 553. The number of benzene rings is 1. The van der Waals surface area contributed by atoms with Gasteiger partial charge in [0.15, 0.2) is 0 Å². The number of nitrogens with one attached hydrogen (secondary N) is 1. The summed E-state index contributed by atoms with van der Waals surface area (Å²) in [7, 11) is 0. The lowest BCUT2D eigenvalue weighted by Gasteiger charge is -2.09. The van der Waals surface area contributed by atoms with Crippen molar-refractivity contribution in [3.8, 4) is 0 Å². The molecule has 0 radical (unpaired) electrons. The molecule has 19 heavy (non-hydrogen) atoms. The van der Waals surface area contributed by atoms with E-state index in [1.807, 2.05) is 24.3 Å². The molecule has 1 aromatic carbocycles. The topological polar surface area (TPSA) is 24.9 Å². The molecule has 0 atom stereocenters. The monoisotopic (exact) mass is 330 g/mol. The number of hydrogen-bond acceptors (Lipinski definition) is 2. The van der Waals surface area contributed by atoms with Crippen molar-refractivity contribution >= 4 is 21.6 Å². The molecule has 0 bridgehead atoms. The summed E-state index contributed by atoms with van der Waals surface area (Å²) in [4.78, 5) is 3.38. The third-order valence-electron chi connectivity index (χ3n) is 2.44. The van der Waals surface area contributed by atoms with Gasteiger partial charge in [0.25, 0.3) is 0 Å². The average Bonchev–Trinajstić information content (AvgIpc) is 2.36. The lowest BCUT2D eigenvalue weighted by molar-refractivity contribution is -0.141. The molecule has 1 aromatic heterocycles. The highest BCUT2D eigenvalue weighted by Gasteiger charge is 2.31. The third-order valence-corrected chi connectivity index (χ3v) is 2.93. The predicted octanol–water partition coefficient (Wildman–Crippen LogP) is 4.48. The average molecular weight is 331 g/mol. The zero-order valence-electron chi connectivity index (χ0n) is 9.71. The number of alkyl halides is 3. The number of hydrogen-bond donors (Lipinski definition) is 1. The molecule has 0 amide bonds. The van der Waals surface area contributed by atoms with E-state index in [4.69, 9.17) is 0 Å². The van der Waals surface area contributed by atoms with Crippen LogP contribution in [0.3, 0.4) is 0 Å². The molecule has 100 valence electrons. The fourth-order valence-electron chi connectivity index (χ4n) is 1.52. The first-order valence-electron chi connectivity index (χ1n) is 5.47. The van der Waals surface area contributed by atoms with Crippen LogP contribution in [0.2, 0.25) is 0 Å². The molecule has 0 spiro atoms. The van der Waals surface area contributed by atoms with Crippen LogP contribution in [0.5, 0.6) is 0 Å². The molecular formula is C13H10BrF3N2. The fraction of sp³-hybridized carbons (Fsp3) is 0.154. The Hall–Kier alpha value is -1.56. The van der Waals surface area contributed by atoms with E-state index in [1.54, 1.807) is 0 Å². The van der Waals surface area contributed by atoms with Crippen LogP contribution in [0.25, 0.3) is 0 Å². The maximum atomic E-state index is 12.3. The van der Waals surface area contributed by atoms with Gasteiger partial charge in [0.2, 0.25) is 0 Å². The maximum absolute atomic E-state index is 12.3. The largest absolute Gasteiger partial charge is 0.433 e. The number of rotatable bonds is 3. The Morgan fingerprint density at radius 2 is 1.95 bits per heavy atom. The summed E-state index contributed by atoms with van der Waals surface area (Å²) in [5, 5.41) is 3.02. The lowest BCUT2D eigenvalue weighted by atomic mass is 10.2. The van der Waals surface area contributed by atoms with Gasteiger partial charge in [-0.2, -0.15) is 13.2 Å². The van der Waals surface area contributed by atoms with Crippen LogP contribution in [0.4, 0.5) is 18.9 Å². The van der Waals surface area contributed by atoms with E-state index in [2.05, 4.69) is 26.2 Å². The maximum Gasteiger partial charge on any atom is 0.433 e. The van der Waals surface area contributed by atoms with Gasteiger partial charge in [-0.15, -0.1) is 0 Å². The minimum atomic E-state index is -4.40. The van der Waals surface area contributed by atoms with Gasteiger partial charge in [0.1, 0.15) is 5.69 Å². The molecule has 2 aromatic rings. The van der Waals surface area contributed by atoms with Crippen LogP contribution in [-0.2, 0) is 12.7 Å². The molecule has 0 aliphatic heterocycles. The van der Waals surface area contributed by atoms with Gasteiger partial charge >= 0.3 is 6.18 Å². The Labute approximate surface area is 116 Å². The van der Waals surface area contributed by atoms with Crippen molar-refractivity contribution in [1.29, 1.82) is 0 Å². The molecule has 0 saturated heterocycles. The smallest absolute Gasteiger partial charge is 0.380 e. The van der Waals surface area contributed by atoms with E-state index in [0.717, 1.165) is 16.1 Å². The van der Waals surface area contributed by atoms with Crippen molar-refractivity contribution in [2.24, 2.45) is 0 Å². The summed E-state index contributed by atoms with van der Waals surface area (Å²) in [5.41, 5.74) is 0.683. The van der Waals surface area contributed by atoms with Crippen LogP contribution in [0.1, 0.15) is 11.3 Å². The number of halogens is 4. The number of nitrogens with zero attached hydrogens (tertiary/aromatic N) is 1. The highest BCUT2D eigenvalue weighted by atomic mass is 79.9. The Morgan fingerprint density at radius 3 is 2.53 bits per heavy atom. The Morgan fingerprint density at radius 1 is 1.16 bits per heavy atom. The SMILES string of the molecule is FC(F)(F)c1ccc(NCc2cccc(Br)c2)cn1. The van der Waals surface area contributed by atoms with Gasteiger partial charge in [-0.3, -0.25) is 0 Å². The van der Waals surface area contributed by atoms with Crippen molar-refractivity contribution in [3.63, 3.8) is 0 Å². The molecule has 0 saturated carbocycles. The third kappa shape index (κ3) is 3.96. The lowest BCUT2D eigenvalue weighted by Crippen LogP contribution is -2.08. The highest BCUT2D eigenvalue weighted by molar-refractivity contribution is 9.10. The van der Waals surface area contributed by atoms with Crippen molar-refractivity contribution in [2.75, 3.05) is 5.32 Å². The predicted molar refractivity (Wildman–Crippen MR) is 70.7 cm³/mol. The summed E-state index contributed by atoms with van der Waals surface area (Å²) in [6.45, 7) is 0.520. The number of aromatic nitrogens is 1. The highest BCUT2D eigenvalue weighted by Crippen LogP contribution is 2.27. The van der Waals surface area contributed by atoms with Crippen molar-refractivity contribution in [3.05, 3.63) is 58.3 Å². The van der Waals surface area contributed by atoms with Crippen LogP contribution < -0.4 is 5.32 Å². The second-order valence-corrected chi connectivity index (χ2v) is 4.83. The van der Waals surface area contributed by atoms with Gasteiger partial charge in [-0.1, -0.05) is 28.1 Å². The molecule has 0 aliphatic carbocycles. The van der Waals surface area contributed by atoms with Crippen LogP contribution >= 0.6 is 15.9 Å². The van der Waals surface area contributed by atoms with Crippen LogP contribution in [0, 0.1) is 0 Å². The van der Waals surface area contributed by atoms with E-state index >= 15 is 0 Å². The molecule has 0 aliphatic rings. The molecule has 1 heterocycles. The minimum Gasteiger partial charge on any atom is -0.380 e. The van der Waals surface area contributed by atoms with Crippen LogP contribution in [-0.4, -0.2) is 4.98 Å². The zero-order chi connectivity index (χ0) is 13.9. The molecule has 0 unspecified atom stereocenters. The first kappa shape index (κ1) is 13.9. The van der Waals surface area contributed by atoms with Gasteiger partial charge in [0.05, 0.1) is 11.9 Å².